The molecule has 1 saturated carbocycles. The number of ketones is 1. The standard InChI is InChI=1S/C13H15BrOS/c14-12-6-1-2-7-13(12)16-9-11(15)8-10-4-3-5-10/h1-2,6-7,10H,3-5,8-9H2. The molecule has 0 unspecified atom stereocenters. The van der Waals surface area contributed by atoms with Gasteiger partial charge in [-0.3, -0.25) is 4.79 Å². The second-order valence-electron chi connectivity index (χ2n) is 4.26. The Kier molecular flexibility index (Phi) is 4.47. The van der Waals surface area contributed by atoms with Gasteiger partial charge in [-0.05, 0) is 34.0 Å². The number of thioether (sulfide) groups is 1. The number of carbonyl (C=O) groups is 1. The number of hydrogen-bond donors (Lipinski definition) is 0. The topological polar surface area (TPSA) is 17.1 Å². The first kappa shape index (κ1) is 12.2. The van der Waals surface area contributed by atoms with Crippen molar-refractivity contribution in [1.29, 1.82) is 0 Å². The smallest absolute Gasteiger partial charge is 0.143 e. The zero-order chi connectivity index (χ0) is 11.4. The van der Waals surface area contributed by atoms with Crippen molar-refractivity contribution in [3.63, 3.8) is 0 Å². The molecule has 1 nitrogen and oxygen atoms in total. The van der Waals surface area contributed by atoms with Crippen molar-refractivity contribution in [2.75, 3.05) is 5.75 Å². The Labute approximate surface area is 109 Å². The molecule has 0 aliphatic heterocycles. The molecule has 1 fully saturated rings. The molecule has 2 rings (SSSR count). The first-order valence-corrected chi connectivity index (χ1v) is 7.42. The normalized spacial score (nSPS) is 15.8. The molecule has 1 aromatic rings. The number of hydrogen-bond acceptors (Lipinski definition) is 2. The molecule has 0 radical (unpaired) electrons. The minimum Gasteiger partial charge on any atom is -0.299 e. The lowest BCUT2D eigenvalue weighted by molar-refractivity contribution is -0.118. The van der Waals surface area contributed by atoms with Crippen LogP contribution in [0.25, 0.3) is 0 Å². The lowest BCUT2D eigenvalue weighted by Gasteiger charge is -2.24. The van der Waals surface area contributed by atoms with Gasteiger partial charge in [0, 0.05) is 15.8 Å². The minimum atomic E-state index is 0.394. The van der Waals surface area contributed by atoms with Crippen LogP contribution in [0.15, 0.2) is 33.6 Å². The Morgan fingerprint density at radius 3 is 2.75 bits per heavy atom. The number of carbonyl (C=O) groups excluding carboxylic acids is 1. The molecule has 1 aromatic carbocycles. The number of halogens is 1. The van der Waals surface area contributed by atoms with Gasteiger partial charge in [-0.2, -0.15) is 0 Å². The van der Waals surface area contributed by atoms with Crippen molar-refractivity contribution in [3.8, 4) is 0 Å². The van der Waals surface area contributed by atoms with Gasteiger partial charge in [0.05, 0.1) is 5.75 Å². The molecule has 1 aliphatic rings. The first-order valence-electron chi connectivity index (χ1n) is 5.65. The van der Waals surface area contributed by atoms with E-state index in [1.54, 1.807) is 11.8 Å². The fraction of sp³-hybridized carbons (Fsp3) is 0.462. The van der Waals surface area contributed by atoms with Crippen LogP contribution in [0.1, 0.15) is 25.7 Å². The van der Waals surface area contributed by atoms with Crippen LogP contribution in [0.5, 0.6) is 0 Å². The Balaban J connectivity index is 1.78. The van der Waals surface area contributed by atoms with E-state index < -0.39 is 0 Å². The van der Waals surface area contributed by atoms with E-state index in [2.05, 4.69) is 15.9 Å². The van der Waals surface area contributed by atoms with Gasteiger partial charge in [0.2, 0.25) is 0 Å². The van der Waals surface area contributed by atoms with Crippen LogP contribution in [-0.2, 0) is 4.79 Å². The molecular weight excluding hydrogens is 284 g/mol. The van der Waals surface area contributed by atoms with E-state index >= 15 is 0 Å². The lowest BCUT2D eigenvalue weighted by Crippen LogP contribution is -2.16. The van der Waals surface area contributed by atoms with Gasteiger partial charge in [-0.25, -0.2) is 0 Å². The summed E-state index contributed by atoms with van der Waals surface area (Å²) in [6, 6.07) is 8.05. The Hall–Kier alpha value is -0.280. The van der Waals surface area contributed by atoms with Crippen LogP contribution < -0.4 is 0 Å². The van der Waals surface area contributed by atoms with Gasteiger partial charge in [-0.15, -0.1) is 11.8 Å². The molecule has 0 N–H and O–H groups in total. The van der Waals surface area contributed by atoms with Crippen molar-refractivity contribution in [2.24, 2.45) is 5.92 Å². The highest BCUT2D eigenvalue weighted by Crippen LogP contribution is 2.31. The molecule has 0 bridgehead atoms. The summed E-state index contributed by atoms with van der Waals surface area (Å²) in [7, 11) is 0. The van der Waals surface area contributed by atoms with Crippen molar-refractivity contribution in [3.05, 3.63) is 28.7 Å². The average Bonchev–Trinajstić information content (AvgIpc) is 2.22. The molecule has 3 heteroatoms. The predicted molar refractivity (Wildman–Crippen MR) is 71.8 cm³/mol. The van der Waals surface area contributed by atoms with Gasteiger partial charge in [0.1, 0.15) is 5.78 Å². The molecule has 0 atom stereocenters. The second-order valence-corrected chi connectivity index (χ2v) is 6.13. The summed E-state index contributed by atoms with van der Waals surface area (Å²) in [5.74, 6) is 1.69. The third-order valence-electron chi connectivity index (χ3n) is 2.97. The highest BCUT2D eigenvalue weighted by Gasteiger charge is 2.20. The van der Waals surface area contributed by atoms with Crippen LogP contribution in [0.4, 0.5) is 0 Å². The third-order valence-corrected chi connectivity index (χ3v) is 5.05. The summed E-state index contributed by atoms with van der Waals surface area (Å²) in [5, 5.41) is 0. The summed E-state index contributed by atoms with van der Waals surface area (Å²) in [6.45, 7) is 0. The first-order chi connectivity index (χ1) is 7.75. The molecule has 16 heavy (non-hydrogen) atoms. The molecule has 0 heterocycles. The summed E-state index contributed by atoms with van der Waals surface area (Å²) >= 11 is 5.13. The SMILES string of the molecule is O=C(CSc1ccccc1Br)CC1CCC1. The maximum Gasteiger partial charge on any atom is 0.143 e. The summed E-state index contributed by atoms with van der Waals surface area (Å²) in [5.41, 5.74) is 0. The van der Waals surface area contributed by atoms with Gasteiger partial charge in [0.25, 0.3) is 0 Å². The lowest BCUT2D eigenvalue weighted by atomic mass is 9.82. The average molecular weight is 299 g/mol. The van der Waals surface area contributed by atoms with Crippen molar-refractivity contribution in [1.82, 2.24) is 0 Å². The predicted octanol–water partition coefficient (Wildman–Crippen LogP) is 4.30. The third kappa shape index (κ3) is 3.36. The molecule has 0 amide bonds. The number of Topliss-reactive ketones (excluding diaryl/α,β-unsaturated/α-hetero) is 1. The van der Waals surface area contributed by atoms with Crippen molar-refractivity contribution in [2.45, 2.75) is 30.6 Å². The van der Waals surface area contributed by atoms with Gasteiger partial charge < -0.3 is 0 Å². The van der Waals surface area contributed by atoms with Crippen LogP contribution in [0.2, 0.25) is 0 Å². The monoisotopic (exact) mass is 298 g/mol. The highest BCUT2D eigenvalue weighted by atomic mass is 79.9. The minimum absolute atomic E-state index is 0.394. The van der Waals surface area contributed by atoms with E-state index in [1.165, 1.54) is 19.3 Å². The zero-order valence-electron chi connectivity index (χ0n) is 9.12. The van der Waals surface area contributed by atoms with Gasteiger partial charge in [-0.1, -0.05) is 31.4 Å². The van der Waals surface area contributed by atoms with E-state index in [-0.39, 0.29) is 0 Å². The largest absolute Gasteiger partial charge is 0.299 e. The van der Waals surface area contributed by atoms with Gasteiger partial charge >= 0.3 is 0 Å². The number of rotatable bonds is 5. The van der Waals surface area contributed by atoms with Crippen LogP contribution in [-0.4, -0.2) is 11.5 Å². The Morgan fingerprint density at radius 1 is 1.38 bits per heavy atom. The molecule has 1 aliphatic carbocycles. The van der Waals surface area contributed by atoms with E-state index in [0.29, 0.717) is 17.5 Å². The maximum absolute atomic E-state index is 11.7. The van der Waals surface area contributed by atoms with Crippen LogP contribution >= 0.6 is 27.7 Å². The van der Waals surface area contributed by atoms with Crippen LogP contribution in [0.3, 0.4) is 0 Å². The fourth-order valence-electron chi connectivity index (χ4n) is 1.80. The van der Waals surface area contributed by atoms with Crippen molar-refractivity contribution >= 4 is 33.5 Å². The maximum atomic E-state index is 11.7. The Bertz CT molecular complexity index is 374. The summed E-state index contributed by atoms with van der Waals surface area (Å²) in [6.07, 6.45) is 4.61. The fourth-order valence-corrected chi connectivity index (χ4v) is 3.24. The molecule has 0 saturated heterocycles. The van der Waals surface area contributed by atoms with Gasteiger partial charge in [0.15, 0.2) is 0 Å². The quantitative estimate of drug-likeness (QED) is 0.754. The number of benzene rings is 1. The van der Waals surface area contributed by atoms with Crippen LogP contribution in [0, 0.1) is 5.92 Å². The molecule has 0 spiro atoms. The molecular formula is C13H15BrOS. The zero-order valence-corrected chi connectivity index (χ0v) is 11.5. The van der Waals surface area contributed by atoms with E-state index in [1.807, 2.05) is 24.3 Å². The summed E-state index contributed by atoms with van der Waals surface area (Å²) in [4.78, 5) is 12.9. The highest BCUT2D eigenvalue weighted by molar-refractivity contribution is 9.10. The summed E-state index contributed by atoms with van der Waals surface area (Å²) < 4.78 is 1.08. The second kappa shape index (κ2) is 5.87. The van der Waals surface area contributed by atoms with E-state index in [9.17, 15) is 4.79 Å². The van der Waals surface area contributed by atoms with E-state index in [4.69, 9.17) is 0 Å². The Morgan fingerprint density at radius 2 is 2.12 bits per heavy atom. The molecule has 0 aromatic heterocycles. The molecule has 86 valence electrons. The van der Waals surface area contributed by atoms with E-state index in [0.717, 1.165) is 15.8 Å². The van der Waals surface area contributed by atoms with Crippen molar-refractivity contribution < 1.29 is 4.79 Å².